The number of anilines is 1. The first-order valence-corrected chi connectivity index (χ1v) is 7.59. The van der Waals surface area contributed by atoms with Gasteiger partial charge in [-0.2, -0.15) is 5.96 Å². The number of halogens is 1. The zero-order valence-corrected chi connectivity index (χ0v) is 13.0. The van der Waals surface area contributed by atoms with Gasteiger partial charge in [-0.15, -0.1) is 4.48 Å². The van der Waals surface area contributed by atoms with E-state index in [9.17, 15) is 0 Å². The van der Waals surface area contributed by atoms with Gasteiger partial charge in [-0.25, -0.2) is 4.99 Å². The van der Waals surface area contributed by atoms with Crippen molar-refractivity contribution in [3.05, 3.63) is 42.6 Å². The van der Waals surface area contributed by atoms with E-state index in [0.29, 0.717) is 0 Å². The van der Waals surface area contributed by atoms with E-state index in [2.05, 4.69) is 45.5 Å². The number of amidine groups is 1. The molecule has 1 aromatic carbocycles. The van der Waals surface area contributed by atoms with Gasteiger partial charge >= 0.3 is 0 Å². The number of hydrogen-bond acceptors (Lipinski definition) is 5. The van der Waals surface area contributed by atoms with Crippen molar-refractivity contribution >= 4 is 11.5 Å². The van der Waals surface area contributed by atoms with Crippen LogP contribution in [-0.2, 0) is 0 Å². The van der Waals surface area contributed by atoms with Gasteiger partial charge in [-0.05, 0) is 37.5 Å². The van der Waals surface area contributed by atoms with Crippen LogP contribution in [0.2, 0.25) is 0 Å². The smallest absolute Gasteiger partial charge is 0.198 e. The van der Waals surface area contributed by atoms with E-state index in [1.54, 1.807) is 0 Å². The molecule has 3 N–H and O–H groups in total. The summed E-state index contributed by atoms with van der Waals surface area (Å²) in [6.45, 7) is 2.26. The lowest BCUT2D eigenvalue weighted by atomic mass is 10.1. The average Bonchev–Trinajstić information content (AvgIpc) is 2.60. The molecule has 0 saturated carbocycles. The number of nitrogens with zero attached hydrogens (tertiary/aromatic N) is 3. The summed E-state index contributed by atoms with van der Waals surface area (Å²) in [6.07, 6.45) is 8.10. The summed E-state index contributed by atoms with van der Waals surface area (Å²) in [5.41, 5.74) is 1.10. The van der Waals surface area contributed by atoms with Crippen LogP contribution in [0.5, 0.6) is 0 Å². The fourth-order valence-corrected chi connectivity index (χ4v) is 2.65. The van der Waals surface area contributed by atoms with Gasteiger partial charge < -0.3 is 15.1 Å². The molecule has 2 heterocycles. The molecular formula is C16H24FN5. The molecule has 2 aliphatic rings. The van der Waals surface area contributed by atoms with E-state index in [0.717, 1.165) is 24.6 Å². The summed E-state index contributed by atoms with van der Waals surface area (Å²) in [7, 11) is 2.05. The van der Waals surface area contributed by atoms with Gasteiger partial charge in [0.15, 0.2) is 6.29 Å². The molecule has 6 heteroatoms. The van der Waals surface area contributed by atoms with Crippen LogP contribution in [-0.4, -0.2) is 42.1 Å². The van der Waals surface area contributed by atoms with Crippen LogP contribution in [0.1, 0.15) is 19.3 Å². The minimum absolute atomic E-state index is 0.0284. The molecule has 3 rings (SSSR count). The van der Waals surface area contributed by atoms with Crippen LogP contribution in [0.25, 0.3) is 0 Å². The topological polar surface area (TPSA) is 56.9 Å². The zero-order chi connectivity index (χ0) is 15.8. The number of aliphatic imine (C=N–C) groups is 1. The van der Waals surface area contributed by atoms with Gasteiger partial charge in [-0.3, -0.25) is 0 Å². The van der Waals surface area contributed by atoms with E-state index in [1.165, 1.54) is 19.3 Å². The Kier molecular flexibility index (Phi) is 6.21. The molecule has 1 atom stereocenters. The van der Waals surface area contributed by atoms with Gasteiger partial charge in [0.05, 0.1) is 0 Å². The SMILES string of the molecule is CN1C=CC(N2CCCCC2)=NC1Nc1ccccc1.NF. The van der Waals surface area contributed by atoms with Crippen LogP contribution < -0.4 is 11.3 Å². The van der Waals surface area contributed by atoms with Gasteiger partial charge in [0, 0.05) is 32.0 Å². The van der Waals surface area contributed by atoms with Crippen LogP contribution in [0.15, 0.2) is 47.6 Å². The molecule has 0 spiro atoms. The van der Waals surface area contributed by atoms with Gasteiger partial charge in [0.2, 0.25) is 0 Å². The van der Waals surface area contributed by atoms with Crippen molar-refractivity contribution in [1.82, 2.24) is 9.80 Å². The molecule has 2 aliphatic heterocycles. The molecule has 1 fully saturated rings. The summed E-state index contributed by atoms with van der Waals surface area (Å²) < 4.78 is 9.00. The highest BCUT2D eigenvalue weighted by atomic mass is 19.2. The number of nitrogens with two attached hydrogens (primary N) is 1. The minimum Gasteiger partial charge on any atom is -0.357 e. The van der Waals surface area contributed by atoms with Crippen molar-refractivity contribution in [2.75, 3.05) is 25.5 Å². The third kappa shape index (κ3) is 4.21. The maximum atomic E-state index is 9.00. The maximum absolute atomic E-state index is 9.00. The van der Waals surface area contributed by atoms with Gasteiger partial charge in [-0.1, -0.05) is 18.2 Å². The summed E-state index contributed by atoms with van der Waals surface area (Å²) in [5.74, 6) is 4.11. The number of para-hydroxylation sites is 1. The van der Waals surface area contributed by atoms with Crippen molar-refractivity contribution in [2.45, 2.75) is 25.6 Å². The Morgan fingerprint density at radius 3 is 2.50 bits per heavy atom. The van der Waals surface area contributed by atoms with Crippen molar-refractivity contribution in [2.24, 2.45) is 10.9 Å². The Bertz CT molecular complexity index is 497. The lowest BCUT2D eigenvalue weighted by molar-refractivity contribution is 0.321. The number of piperidine rings is 1. The Balaban J connectivity index is 0.000000847. The lowest BCUT2D eigenvalue weighted by Gasteiger charge is -2.34. The molecule has 0 amide bonds. The van der Waals surface area contributed by atoms with Crippen molar-refractivity contribution in [3.63, 3.8) is 0 Å². The maximum Gasteiger partial charge on any atom is 0.198 e. The lowest BCUT2D eigenvalue weighted by Crippen LogP contribution is -2.42. The first kappa shape index (κ1) is 16.3. The monoisotopic (exact) mass is 305 g/mol. The second-order valence-corrected chi connectivity index (χ2v) is 5.40. The van der Waals surface area contributed by atoms with Crippen LogP contribution in [0, 0.1) is 0 Å². The van der Waals surface area contributed by atoms with Gasteiger partial charge in [0.1, 0.15) is 5.84 Å². The molecule has 22 heavy (non-hydrogen) atoms. The Labute approximate surface area is 131 Å². The Hall–Kier alpha value is -2.08. The van der Waals surface area contributed by atoms with E-state index < -0.39 is 0 Å². The number of rotatable bonds is 2. The standard InChI is InChI=1S/C16H22N4.FH2N/c1-19-13-10-15(20-11-6-3-7-12-20)18-16(19)17-14-8-4-2-5-9-14;1-2/h2,4-5,8-10,13,16-17H,3,6-7,11-12H2,1H3;2H2. The zero-order valence-electron chi connectivity index (χ0n) is 13.0. The van der Waals surface area contributed by atoms with Crippen LogP contribution >= 0.6 is 0 Å². The molecule has 1 unspecified atom stereocenters. The molecular weight excluding hydrogens is 281 g/mol. The number of nitrogens with one attached hydrogen (secondary N) is 1. The molecule has 1 saturated heterocycles. The molecule has 5 nitrogen and oxygen atoms in total. The number of benzene rings is 1. The number of hydrogen-bond donors (Lipinski definition) is 2. The summed E-state index contributed by atoms with van der Waals surface area (Å²) in [5, 5.41) is 3.46. The van der Waals surface area contributed by atoms with Gasteiger partial charge in [0.25, 0.3) is 0 Å². The molecule has 0 bridgehead atoms. The van der Waals surface area contributed by atoms with E-state index >= 15 is 0 Å². The van der Waals surface area contributed by atoms with Crippen LogP contribution in [0.3, 0.4) is 0 Å². The molecule has 1 aromatic rings. The first-order valence-electron chi connectivity index (χ1n) is 7.59. The Morgan fingerprint density at radius 2 is 1.82 bits per heavy atom. The molecule has 0 aromatic heterocycles. The quantitative estimate of drug-likeness (QED) is 0.825. The molecule has 0 radical (unpaired) electrons. The van der Waals surface area contributed by atoms with E-state index in [-0.39, 0.29) is 6.29 Å². The van der Waals surface area contributed by atoms with Crippen molar-refractivity contribution < 1.29 is 4.48 Å². The average molecular weight is 305 g/mol. The summed E-state index contributed by atoms with van der Waals surface area (Å²) in [6, 6.07) is 10.2. The summed E-state index contributed by atoms with van der Waals surface area (Å²) >= 11 is 0. The highest BCUT2D eigenvalue weighted by Crippen LogP contribution is 2.16. The predicted molar refractivity (Wildman–Crippen MR) is 88.9 cm³/mol. The highest BCUT2D eigenvalue weighted by Gasteiger charge is 2.20. The molecule has 0 aliphatic carbocycles. The van der Waals surface area contributed by atoms with E-state index in [1.807, 2.05) is 25.2 Å². The predicted octanol–water partition coefficient (Wildman–Crippen LogP) is 2.56. The van der Waals surface area contributed by atoms with Crippen molar-refractivity contribution in [1.29, 1.82) is 0 Å². The summed E-state index contributed by atoms with van der Waals surface area (Å²) in [4.78, 5) is 9.35. The largest absolute Gasteiger partial charge is 0.357 e. The number of likely N-dealkylation sites (tertiary alicyclic amines) is 1. The molecule has 120 valence electrons. The van der Waals surface area contributed by atoms with E-state index in [4.69, 9.17) is 9.47 Å². The van der Waals surface area contributed by atoms with Crippen LogP contribution in [0.4, 0.5) is 10.2 Å². The minimum atomic E-state index is -0.0284. The fourth-order valence-electron chi connectivity index (χ4n) is 2.65. The second-order valence-electron chi connectivity index (χ2n) is 5.40. The fraction of sp³-hybridized carbons (Fsp3) is 0.438. The third-order valence-corrected chi connectivity index (χ3v) is 3.85. The first-order chi connectivity index (χ1) is 10.8. The highest BCUT2D eigenvalue weighted by molar-refractivity contribution is 5.93. The third-order valence-electron chi connectivity index (χ3n) is 3.85. The Morgan fingerprint density at radius 1 is 1.14 bits per heavy atom. The van der Waals surface area contributed by atoms with Crippen molar-refractivity contribution in [3.8, 4) is 0 Å². The normalized spacial score (nSPS) is 20.9. The second kappa shape index (κ2) is 8.38.